The smallest absolute Gasteiger partial charge is 0.118 e. The Hall–Kier alpha value is -1.06. The summed E-state index contributed by atoms with van der Waals surface area (Å²) in [5.41, 5.74) is 8.07. The molecule has 1 atom stereocenters. The second-order valence-corrected chi connectivity index (χ2v) is 4.03. The summed E-state index contributed by atoms with van der Waals surface area (Å²) in [6, 6.07) is 5.65. The van der Waals surface area contributed by atoms with Crippen molar-refractivity contribution in [3.63, 3.8) is 0 Å². The molecule has 15 heavy (non-hydrogen) atoms. The van der Waals surface area contributed by atoms with Crippen molar-refractivity contribution >= 4 is 17.4 Å². The average molecular weight is 224 g/mol. The fourth-order valence-corrected chi connectivity index (χ4v) is 1.93. The molecule has 0 aliphatic carbocycles. The van der Waals surface area contributed by atoms with Gasteiger partial charge in [0.15, 0.2) is 0 Å². The van der Waals surface area contributed by atoms with E-state index in [1.54, 1.807) is 0 Å². The van der Waals surface area contributed by atoms with Crippen LogP contribution in [0.3, 0.4) is 0 Å². The number of nitrogens with two attached hydrogens (primary N) is 1. The minimum absolute atomic E-state index is 0.236. The van der Waals surface area contributed by atoms with E-state index in [4.69, 9.17) is 17.3 Å². The van der Waals surface area contributed by atoms with Crippen LogP contribution < -0.4 is 11.1 Å². The first-order valence-electron chi connectivity index (χ1n) is 4.99. The number of benzene rings is 1. The topological polar surface area (TPSA) is 50.4 Å². The van der Waals surface area contributed by atoms with Crippen LogP contribution in [0, 0.1) is 6.92 Å². The maximum atomic E-state index is 6.20. The van der Waals surface area contributed by atoms with Gasteiger partial charge in [-0.3, -0.25) is 4.99 Å². The lowest BCUT2D eigenvalue weighted by atomic mass is 10.0. The van der Waals surface area contributed by atoms with Gasteiger partial charge in [-0.15, -0.1) is 0 Å². The summed E-state index contributed by atoms with van der Waals surface area (Å²) < 4.78 is 0. The Morgan fingerprint density at radius 1 is 1.53 bits per heavy atom. The van der Waals surface area contributed by atoms with E-state index in [-0.39, 0.29) is 6.04 Å². The highest BCUT2D eigenvalue weighted by Gasteiger charge is 2.19. The minimum atomic E-state index is -0.236. The van der Waals surface area contributed by atoms with Crippen LogP contribution in [0.15, 0.2) is 23.2 Å². The predicted molar refractivity (Wildman–Crippen MR) is 63.4 cm³/mol. The highest BCUT2D eigenvalue weighted by Crippen LogP contribution is 2.25. The average Bonchev–Trinajstić information content (AvgIpc) is 2.74. The summed E-state index contributed by atoms with van der Waals surface area (Å²) in [5.74, 6) is 0.836. The van der Waals surface area contributed by atoms with Gasteiger partial charge in [0.1, 0.15) is 5.84 Å². The molecule has 2 rings (SSSR count). The highest BCUT2D eigenvalue weighted by atomic mass is 35.5. The molecule has 1 unspecified atom stereocenters. The molecule has 3 N–H and O–H groups in total. The molecule has 0 radical (unpaired) electrons. The third-order valence-electron chi connectivity index (χ3n) is 2.55. The Bertz CT molecular complexity index is 401. The number of hydrogen-bond acceptors (Lipinski definition) is 3. The van der Waals surface area contributed by atoms with Crippen LogP contribution >= 0.6 is 11.6 Å². The maximum absolute atomic E-state index is 6.20. The number of nitrogens with zero attached hydrogens (tertiary/aromatic N) is 1. The van der Waals surface area contributed by atoms with Gasteiger partial charge in [0, 0.05) is 11.6 Å². The second kappa shape index (κ2) is 4.21. The molecule has 0 saturated heterocycles. The van der Waals surface area contributed by atoms with Gasteiger partial charge in [-0.1, -0.05) is 29.8 Å². The van der Waals surface area contributed by atoms with Crippen LogP contribution in [0.5, 0.6) is 0 Å². The third kappa shape index (κ3) is 1.98. The summed E-state index contributed by atoms with van der Waals surface area (Å²) in [7, 11) is 0. The summed E-state index contributed by atoms with van der Waals surface area (Å²) >= 11 is 6.20. The van der Waals surface area contributed by atoms with Crippen molar-refractivity contribution in [1.29, 1.82) is 0 Å². The van der Waals surface area contributed by atoms with Crippen LogP contribution in [0.2, 0.25) is 5.02 Å². The molecular weight excluding hydrogens is 210 g/mol. The van der Waals surface area contributed by atoms with E-state index < -0.39 is 0 Å². The van der Waals surface area contributed by atoms with Crippen molar-refractivity contribution < 1.29 is 0 Å². The molecule has 1 heterocycles. The number of halogens is 1. The SMILES string of the molecule is Cc1cccc(C(N)C2=NCCN2)c1Cl. The molecule has 1 aromatic carbocycles. The zero-order valence-corrected chi connectivity index (χ0v) is 9.38. The molecule has 3 nitrogen and oxygen atoms in total. The number of hydrogen-bond donors (Lipinski definition) is 2. The normalized spacial score (nSPS) is 17.1. The maximum Gasteiger partial charge on any atom is 0.118 e. The van der Waals surface area contributed by atoms with E-state index in [1.165, 1.54) is 0 Å². The second-order valence-electron chi connectivity index (χ2n) is 3.65. The Balaban J connectivity index is 2.32. The van der Waals surface area contributed by atoms with Gasteiger partial charge >= 0.3 is 0 Å². The number of aryl methyl sites for hydroxylation is 1. The van der Waals surface area contributed by atoms with E-state index in [1.807, 2.05) is 25.1 Å². The summed E-state index contributed by atoms with van der Waals surface area (Å²) in [4.78, 5) is 4.30. The summed E-state index contributed by atoms with van der Waals surface area (Å²) in [6.45, 7) is 3.64. The molecule has 0 amide bonds. The van der Waals surface area contributed by atoms with E-state index in [0.717, 1.165) is 35.1 Å². The largest absolute Gasteiger partial charge is 0.370 e. The highest BCUT2D eigenvalue weighted by molar-refractivity contribution is 6.32. The fourth-order valence-electron chi connectivity index (χ4n) is 1.68. The van der Waals surface area contributed by atoms with Crippen molar-refractivity contribution in [1.82, 2.24) is 5.32 Å². The monoisotopic (exact) mass is 223 g/mol. The molecule has 4 heteroatoms. The first-order valence-corrected chi connectivity index (χ1v) is 5.37. The molecule has 80 valence electrons. The molecule has 0 saturated carbocycles. The van der Waals surface area contributed by atoms with Crippen LogP contribution in [-0.2, 0) is 0 Å². The van der Waals surface area contributed by atoms with E-state index >= 15 is 0 Å². The number of nitrogens with one attached hydrogen (secondary N) is 1. The first kappa shape index (κ1) is 10.5. The van der Waals surface area contributed by atoms with E-state index in [0.29, 0.717) is 0 Å². The van der Waals surface area contributed by atoms with Gasteiger partial charge in [0.05, 0.1) is 12.6 Å². The third-order valence-corrected chi connectivity index (χ3v) is 3.07. The van der Waals surface area contributed by atoms with Crippen LogP contribution in [0.4, 0.5) is 0 Å². The molecule has 0 fully saturated rings. The van der Waals surface area contributed by atoms with Gasteiger partial charge in [-0.25, -0.2) is 0 Å². The van der Waals surface area contributed by atoms with Crippen LogP contribution in [-0.4, -0.2) is 18.9 Å². The quantitative estimate of drug-likeness (QED) is 0.801. The van der Waals surface area contributed by atoms with Crippen LogP contribution in [0.25, 0.3) is 0 Å². The molecule has 1 aliphatic heterocycles. The van der Waals surface area contributed by atoms with Gasteiger partial charge in [-0.05, 0) is 18.1 Å². The molecular formula is C11H14ClN3. The minimum Gasteiger partial charge on any atom is -0.370 e. The van der Waals surface area contributed by atoms with Gasteiger partial charge in [-0.2, -0.15) is 0 Å². The van der Waals surface area contributed by atoms with Gasteiger partial charge in [0.2, 0.25) is 0 Å². The Labute approximate surface area is 94.3 Å². The van der Waals surface area contributed by atoms with Crippen molar-refractivity contribution in [2.24, 2.45) is 10.7 Å². The summed E-state index contributed by atoms with van der Waals surface area (Å²) in [5, 5.41) is 3.91. The summed E-state index contributed by atoms with van der Waals surface area (Å²) in [6.07, 6.45) is 0. The van der Waals surface area contributed by atoms with Crippen molar-refractivity contribution in [3.05, 3.63) is 34.3 Å². The van der Waals surface area contributed by atoms with E-state index in [9.17, 15) is 0 Å². The van der Waals surface area contributed by atoms with Crippen molar-refractivity contribution in [2.75, 3.05) is 13.1 Å². The van der Waals surface area contributed by atoms with Crippen LogP contribution in [0.1, 0.15) is 17.2 Å². The molecule has 1 aliphatic rings. The lowest BCUT2D eigenvalue weighted by molar-refractivity contribution is 0.892. The lowest BCUT2D eigenvalue weighted by Crippen LogP contribution is -2.31. The standard InChI is InChI=1S/C11H14ClN3/c1-7-3-2-4-8(9(7)12)10(13)11-14-5-6-15-11/h2-4,10H,5-6,13H2,1H3,(H,14,15). The first-order chi connectivity index (χ1) is 7.20. The number of rotatable bonds is 2. The Kier molecular flexibility index (Phi) is 2.93. The fraction of sp³-hybridized carbons (Fsp3) is 0.364. The molecule has 0 aromatic heterocycles. The zero-order valence-electron chi connectivity index (χ0n) is 8.63. The zero-order chi connectivity index (χ0) is 10.8. The lowest BCUT2D eigenvalue weighted by Gasteiger charge is -2.15. The molecule has 0 spiro atoms. The molecule has 1 aromatic rings. The van der Waals surface area contributed by atoms with Crippen molar-refractivity contribution in [2.45, 2.75) is 13.0 Å². The van der Waals surface area contributed by atoms with Gasteiger partial charge in [0.25, 0.3) is 0 Å². The van der Waals surface area contributed by atoms with Gasteiger partial charge < -0.3 is 11.1 Å². The Morgan fingerprint density at radius 2 is 2.33 bits per heavy atom. The predicted octanol–water partition coefficient (Wildman–Crippen LogP) is 1.65. The molecule has 0 bridgehead atoms. The Morgan fingerprint density at radius 3 is 3.00 bits per heavy atom. The van der Waals surface area contributed by atoms with E-state index in [2.05, 4.69) is 10.3 Å². The number of aliphatic imine (C=N–C) groups is 1. The van der Waals surface area contributed by atoms with Crippen molar-refractivity contribution in [3.8, 4) is 0 Å². The number of amidine groups is 1.